The molecule has 1 fully saturated rings. The maximum Gasteiger partial charge on any atom is 0.418 e. The van der Waals surface area contributed by atoms with Crippen molar-refractivity contribution in [1.82, 2.24) is 9.80 Å². The Balaban J connectivity index is 2.06. The molecule has 2 rings (SSSR count). The monoisotopic (exact) mass is 315 g/mol. The molecular weight excluding hydrogens is 295 g/mol. The second-order valence-corrected chi connectivity index (χ2v) is 5.62. The highest BCUT2D eigenvalue weighted by Gasteiger charge is 2.34. The molecule has 0 atom stereocenters. The smallest absolute Gasteiger partial charge is 0.325 e. The van der Waals surface area contributed by atoms with E-state index in [0.717, 1.165) is 32.0 Å². The van der Waals surface area contributed by atoms with Crippen molar-refractivity contribution in [2.24, 2.45) is 0 Å². The molecular formula is C15H20F3N3O. The van der Waals surface area contributed by atoms with Crippen molar-refractivity contribution in [2.45, 2.75) is 25.1 Å². The molecule has 0 unspecified atom stereocenters. The number of para-hydroxylation sites is 1. The van der Waals surface area contributed by atoms with Crippen LogP contribution >= 0.6 is 0 Å². The van der Waals surface area contributed by atoms with Crippen LogP contribution in [-0.4, -0.2) is 49.1 Å². The van der Waals surface area contributed by atoms with Crippen LogP contribution in [0.25, 0.3) is 0 Å². The van der Waals surface area contributed by atoms with Gasteiger partial charge in [-0.3, -0.25) is 0 Å². The molecule has 0 aliphatic carbocycles. The number of amides is 2. The molecule has 0 saturated carbocycles. The summed E-state index contributed by atoms with van der Waals surface area (Å²) in [5, 5.41) is 2.38. The quantitative estimate of drug-likeness (QED) is 0.909. The van der Waals surface area contributed by atoms with Crippen molar-refractivity contribution in [3.05, 3.63) is 29.8 Å². The predicted molar refractivity (Wildman–Crippen MR) is 78.7 cm³/mol. The Bertz CT molecular complexity index is 525. The van der Waals surface area contributed by atoms with Gasteiger partial charge in [0.2, 0.25) is 0 Å². The van der Waals surface area contributed by atoms with Gasteiger partial charge in [-0.15, -0.1) is 0 Å². The maximum atomic E-state index is 12.9. The van der Waals surface area contributed by atoms with Crippen molar-refractivity contribution < 1.29 is 18.0 Å². The number of likely N-dealkylation sites (tertiary alicyclic amines) is 1. The molecule has 1 saturated heterocycles. The van der Waals surface area contributed by atoms with Crippen molar-refractivity contribution in [3.63, 3.8) is 0 Å². The van der Waals surface area contributed by atoms with E-state index in [-0.39, 0.29) is 11.7 Å². The van der Waals surface area contributed by atoms with Crippen molar-refractivity contribution >= 4 is 11.7 Å². The summed E-state index contributed by atoms with van der Waals surface area (Å²) in [4.78, 5) is 15.9. The molecule has 22 heavy (non-hydrogen) atoms. The third kappa shape index (κ3) is 3.91. The lowest BCUT2D eigenvalue weighted by Gasteiger charge is -2.35. The van der Waals surface area contributed by atoms with Gasteiger partial charge in [-0.1, -0.05) is 12.1 Å². The minimum atomic E-state index is -4.49. The Morgan fingerprint density at radius 3 is 2.45 bits per heavy atom. The minimum Gasteiger partial charge on any atom is -0.325 e. The zero-order valence-electron chi connectivity index (χ0n) is 12.7. The first kappa shape index (κ1) is 16.6. The molecule has 0 spiro atoms. The van der Waals surface area contributed by atoms with Crippen LogP contribution in [0.15, 0.2) is 24.3 Å². The first-order valence-electron chi connectivity index (χ1n) is 7.17. The highest BCUT2D eigenvalue weighted by atomic mass is 19.4. The zero-order valence-corrected chi connectivity index (χ0v) is 12.7. The largest absolute Gasteiger partial charge is 0.418 e. The lowest BCUT2D eigenvalue weighted by molar-refractivity contribution is -0.136. The Labute approximate surface area is 127 Å². The second-order valence-electron chi connectivity index (χ2n) is 5.62. The molecule has 1 aromatic rings. The van der Waals surface area contributed by atoms with Crippen molar-refractivity contribution in [3.8, 4) is 0 Å². The Morgan fingerprint density at radius 2 is 1.86 bits per heavy atom. The third-order valence-corrected chi connectivity index (χ3v) is 4.03. The van der Waals surface area contributed by atoms with Gasteiger partial charge in [0.25, 0.3) is 0 Å². The van der Waals surface area contributed by atoms with E-state index in [9.17, 15) is 18.0 Å². The van der Waals surface area contributed by atoms with Gasteiger partial charge in [0.15, 0.2) is 0 Å². The normalized spacial score (nSPS) is 17.3. The average molecular weight is 315 g/mol. The SMILES string of the molecule is CN1CCC(N(C)C(=O)Nc2ccccc2C(F)(F)F)CC1. The summed E-state index contributed by atoms with van der Waals surface area (Å²) >= 11 is 0. The summed E-state index contributed by atoms with van der Waals surface area (Å²) in [6.07, 6.45) is -2.85. The fourth-order valence-corrected chi connectivity index (χ4v) is 2.59. The number of halogens is 3. The van der Waals surface area contributed by atoms with E-state index in [4.69, 9.17) is 0 Å². The Hall–Kier alpha value is -1.76. The van der Waals surface area contributed by atoms with Gasteiger partial charge in [-0.25, -0.2) is 4.79 Å². The molecule has 2 amide bonds. The number of carbonyl (C=O) groups excluding carboxylic acids is 1. The van der Waals surface area contributed by atoms with E-state index in [1.807, 2.05) is 7.05 Å². The summed E-state index contributed by atoms with van der Waals surface area (Å²) in [7, 11) is 3.64. The molecule has 7 heteroatoms. The standard InChI is InChI=1S/C15H20F3N3O/c1-20-9-7-11(8-10-20)21(2)14(22)19-13-6-4-3-5-12(13)15(16,17)18/h3-6,11H,7-10H2,1-2H3,(H,19,22). The van der Waals surface area contributed by atoms with E-state index in [1.54, 1.807) is 7.05 Å². The van der Waals surface area contributed by atoms with Crippen molar-refractivity contribution in [2.75, 3.05) is 32.5 Å². The number of anilines is 1. The third-order valence-electron chi connectivity index (χ3n) is 4.03. The molecule has 1 aliphatic heterocycles. The summed E-state index contributed by atoms with van der Waals surface area (Å²) in [6, 6.07) is 4.55. The highest BCUT2D eigenvalue weighted by Crippen LogP contribution is 2.34. The van der Waals surface area contributed by atoms with Gasteiger partial charge >= 0.3 is 12.2 Å². The minimum absolute atomic E-state index is 0.0502. The number of nitrogens with zero attached hydrogens (tertiary/aromatic N) is 2. The van der Waals surface area contributed by atoms with Crippen LogP contribution in [0.2, 0.25) is 0 Å². The van der Waals surface area contributed by atoms with Crippen LogP contribution in [0.3, 0.4) is 0 Å². The molecule has 4 nitrogen and oxygen atoms in total. The van der Waals surface area contributed by atoms with Crippen molar-refractivity contribution in [1.29, 1.82) is 0 Å². The maximum absolute atomic E-state index is 12.9. The lowest BCUT2D eigenvalue weighted by Crippen LogP contribution is -2.46. The molecule has 0 bridgehead atoms. The number of hydrogen-bond acceptors (Lipinski definition) is 2. The molecule has 1 heterocycles. The number of rotatable bonds is 2. The molecule has 0 radical (unpaired) electrons. The molecule has 122 valence electrons. The first-order valence-corrected chi connectivity index (χ1v) is 7.17. The lowest BCUT2D eigenvalue weighted by atomic mass is 10.0. The molecule has 0 aromatic heterocycles. The average Bonchev–Trinajstić information content (AvgIpc) is 2.46. The molecule has 1 N–H and O–H groups in total. The summed E-state index contributed by atoms with van der Waals surface area (Å²) in [5.74, 6) is 0. The van der Waals surface area contributed by atoms with Gasteiger partial charge in [-0.2, -0.15) is 13.2 Å². The van der Waals surface area contributed by atoms with E-state index >= 15 is 0 Å². The first-order chi connectivity index (χ1) is 10.3. The fourth-order valence-electron chi connectivity index (χ4n) is 2.59. The van der Waals surface area contributed by atoms with E-state index in [0.29, 0.717) is 0 Å². The van der Waals surface area contributed by atoms with E-state index < -0.39 is 17.8 Å². The highest BCUT2D eigenvalue weighted by molar-refractivity contribution is 5.90. The van der Waals surface area contributed by atoms with Gasteiger partial charge in [0.1, 0.15) is 0 Å². The predicted octanol–water partition coefficient (Wildman–Crippen LogP) is 3.26. The Kier molecular flexibility index (Phi) is 4.95. The van der Waals surface area contributed by atoms with Crippen LogP contribution in [0.1, 0.15) is 18.4 Å². The van der Waals surface area contributed by atoms with Gasteiger partial charge < -0.3 is 15.1 Å². The van der Waals surface area contributed by atoms with Crippen LogP contribution < -0.4 is 5.32 Å². The van der Waals surface area contributed by atoms with E-state index in [2.05, 4.69) is 10.2 Å². The van der Waals surface area contributed by atoms with Gasteiger partial charge in [-0.05, 0) is 45.1 Å². The number of urea groups is 1. The van der Waals surface area contributed by atoms with E-state index in [1.165, 1.54) is 23.1 Å². The summed E-state index contributed by atoms with van der Waals surface area (Å²) < 4.78 is 38.8. The number of hydrogen-bond donors (Lipinski definition) is 1. The Morgan fingerprint density at radius 1 is 1.27 bits per heavy atom. The fraction of sp³-hybridized carbons (Fsp3) is 0.533. The zero-order chi connectivity index (χ0) is 16.3. The summed E-state index contributed by atoms with van der Waals surface area (Å²) in [6.45, 7) is 1.75. The molecule has 1 aromatic carbocycles. The summed E-state index contributed by atoms with van der Waals surface area (Å²) in [5.41, 5.74) is -1.04. The van der Waals surface area contributed by atoms with Gasteiger partial charge in [0, 0.05) is 13.1 Å². The second kappa shape index (κ2) is 6.56. The van der Waals surface area contributed by atoms with Crippen LogP contribution in [-0.2, 0) is 6.18 Å². The van der Waals surface area contributed by atoms with Crippen LogP contribution in [0.4, 0.5) is 23.7 Å². The number of piperidine rings is 1. The van der Waals surface area contributed by atoms with Gasteiger partial charge in [0.05, 0.1) is 11.3 Å². The topological polar surface area (TPSA) is 35.6 Å². The number of benzene rings is 1. The number of carbonyl (C=O) groups is 1. The van der Waals surface area contributed by atoms with Crippen LogP contribution in [0.5, 0.6) is 0 Å². The molecule has 1 aliphatic rings. The number of nitrogens with one attached hydrogen (secondary N) is 1. The number of alkyl halides is 3. The van der Waals surface area contributed by atoms with Crippen LogP contribution in [0, 0.1) is 0 Å².